The van der Waals surface area contributed by atoms with Crippen molar-refractivity contribution in [2.75, 3.05) is 0 Å². The molecule has 1 atom stereocenters. The fourth-order valence-corrected chi connectivity index (χ4v) is 2.13. The van der Waals surface area contributed by atoms with Crippen LogP contribution in [0.2, 0.25) is 5.02 Å². The standard InChI is InChI=1S/C14H10ClF4N/c15-10-2-1-3-11(16)12(10)13(20)8-4-6-9(7-5-8)14(17,18)19/h1-7,13H,20H2. The van der Waals surface area contributed by atoms with Crippen molar-refractivity contribution in [1.29, 1.82) is 0 Å². The van der Waals surface area contributed by atoms with Crippen LogP contribution in [0.3, 0.4) is 0 Å². The summed E-state index contributed by atoms with van der Waals surface area (Å²) in [5.74, 6) is -0.593. The summed E-state index contributed by atoms with van der Waals surface area (Å²) in [7, 11) is 0. The summed E-state index contributed by atoms with van der Waals surface area (Å²) >= 11 is 5.88. The van der Waals surface area contributed by atoms with E-state index in [9.17, 15) is 17.6 Å². The Hall–Kier alpha value is -1.59. The van der Waals surface area contributed by atoms with Crippen molar-refractivity contribution < 1.29 is 17.6 Å². The molecular weight excluding hydrogens is 294 g/mol. The number of alkyl halides is 3. The van der Waals surface area contributed by atoms with Crippen LogP contribution in [-0.4, -0.2) is 0 Å². The fourth-order valence-electron chi connectivity index (χ4n) is 1.85. The molecule has 1 nitrogen and oxygen atoms in total. The van der Waals surface area contributed by atoms with E-state index in [0.717, 1.165) is 12.1 Å². The van der Waals surface area contributed by atoms with Gasteiger partial charge in [0.1, 0.15) is 5.82 Å². The van der Waals surface area contributed by atoms with E-state index in [1.54, 1.807) is 0 Å². The Bertz CT molecular complexity index is 587. The van der Waals surface area contributed by atoms with Gasteiger partial charge in [0.25, 0.3) is 0 Å². The molecule has 0 saturated heterocycles. The summed E-state index contributed by atoms with van der Waals surface area (Å²) in [4.78, 5) is 0. The number of nitrogens with two attached hydrogens (primary N) is 1. The van der Waals surface area contributed by atoms with Crippen LogP contribution in [0.15, 0.2) is 42.5 Å². The lowest BCUT2D eigenvalue weighted by Crippen LogP contribution is -2.15. The largest absolute Gasteiger partial charge is 0.416 e. The van der Waals surface area contributed by atoms with Crippen LogP contribution in [0.1, 0.15) is 22.7 Å². The minimum Gasteiger partial charge on any atom is -0.320 e. The van der Waals surface area contributed by atoms with Crippen LogP contribution < -0.4 is 5.73 Å². The molecule has 0 heterocycles. The normalized spacial score (nSPS) is 13.3. The molecule has 0 saturated carbocycles. The average Bonchev–Trinajstić information content (AvgIpc) is 2.37. The van der Waals surface area contributed by atoms with Crippen LogP contribution in [-0.2, 0) is 6.18 Å². The van der Waals surface area contributed by atoms with E-state index in [-0.39, 0.29) is 10.6 Å². The lowest BCUT2D eigenvalue weighted by Gasteiger charge is -2.16. The molecule has 106 valence electrons. The van der Waals surface area contributed by atoms with Crippen molar-refractivity contribution in [3.63, 3.8) is 0 Å². The zero-order chi connectivity index (χ0) is 14.9. The van der Waals surface area contributed by atoms with Crippen molar-refractivity contribution in [3.05, 3.63) is 70.0 Å². The number of hydrogen-bond acceptors (Lipinski definition) is 1. The first kappa shape index (κ1) is 14.8. The van der Waals surface area contributed by atoms with Gasteiger partial charge in [-0.25, -0.2) is 4.39 Å². The van der Waals surface area contributed by atoms with Crippen molar-refractivity contribution in [3.8, 4) is 0 Å². The maximum Gasteiger partial charge on any atom is 0.416 e. The SMILES string of the molecule is NC(c1ccc(C(F)(F)F)cc1)c1c(F)cccc1Cl. The fraction of sp³-hybridized carbons (Fsp3) is 0.143. The van der Waals surface area contributed by atoms with E-state index in [2.05, 4.69) is 0 Å². The average molecular weight is 304 g/mol. The Morgan fingerprint density at radius 2 is 1.60 bits per heavy atom. The second-order valence-electron chi connectivity index (χ2n) is 4.23. The molecular formula is C14H10ClF4N. The Balaban J connectivity index is 2.37. The molecule has 2 rings (SSSR count). The maximum absolute atomic E-state index is 13.7. The Labute approximate surface area is 118 Å². The van der Waals surface area contributed by atoms with Crippen LogP contribution in [0, 0.1) is 5.82 Å². The van der Waals surface area contributed by atoms with Gasteiger partial charge in [-0.1, -0.05) is 29.8 Å². The first-order valence-corrected chi connectivity index (χ1v) is 6.05. The van der Waals surface area contributed by atoms with Gasteiger partial charge < -0.3 is 5.73 Å². The number of rotatable bonds is 2. The molecule has 0 aromatic heterocycles. The van der Waals surface area contributed by atoms with Crippen molar-refractivity contribution in [2.45, 2.75) is 12.2 Å². The highest BCUT2D eigenvalue weighted by atomic mass is 35.5. The molecule has 20 heavy (non-hydrogen) atoms. The zero-order valence-corrected chi connectivity index (χ0v) is 10.8. The quantitative estimate of drug-likeness (QED) is 0.810. The van der Waals surface area contributed by atoms with Crippen molar-refractivity contribution in [2.24, 2.45) is 5.73 Å². The van der Waals surface area contributed by atoms with E-state index in [4.69, 9.17) is 17.3 Å². The van der Waals surface area contributed by atoms with Gasteiger partial charge in [-0.05, 0) is 29.8 Å². The highest BCUT2D eigenvalue weighted by molar-refractivity contribution is 6.31. The van der Waals surface area contributed by atoms with Gasteiger partial charge >= 0.3 is 6.18 Å². The first-order valence-electron chi connectivity index (χ1n) is 5.67. The van der Waals surface area contributed by atoms with E-state index in [1.165, 1.54) is 30.3 Å². The second kappa shape index (κ2) is 5.42. The lowest BCUT2D eigenvalue weighted by molar-refractivity contribution is -0.137. The molecule has 0 bridgehead atoms. The van der Waals surface area contributed by atoms with Gasteiger partial charge in [-0.2, -0.15) is 13.2 Å². The molecule has 0 fully saturated rings. The summed E-state index contributed by atoms with van der Waals surface area (Å²) in [6.45, 7) is 0. The molecule has 2 N–H and O–H groups in total. The van der Waals surface area contributed by atoms with Gasteiger partial charge in [0.15, 0.2) is 0 Å². The van der Waals surface area contributed by atoms with Crippen LogP contribution in [0.4, 0.5) is 17.6 Å². The van der Waals surface area contributed by atoms with Crippen molar-refractivity contribution >= 4 is 11.6 Å². The minimum absolute atomic E-state index is 0.0638. The zero-order valence-electron chi connectivity index (χ0n) is 10.1. The summed E-state index contributed by atoms with van der Waals surface area (Å²) in [6, 6.07) is 7.43. The number of hydrogen-bond donors (Lipinski definition) is 1. The molecule has 0 aliphatic heterocycles. The molecule has 2 aromatic carbocycles. The van der Waals surface area contributed by atoms with E-state index in [1.807, 2.05) is 0 Å². The van der Waals surface area contributed by atoms with Gasteiger partial charge in [0.05, 0.1) is 11.6 Å². The highest BCUT2D eigenvalue weighted by Gasteiger charge is 2.30. The Morgan fingerprint density at radius 3 is 2.10 bits per heavy atom. The van der Waals surface area contributed by atoms with E-state index < -0.39 is 23.6 Å². The Morgan fingerprint density at radius 1 is 1.00 bits per heavy atom. The van der Waals surface area contributed by atoms with Crippen LogP contribution in [0.5, 0.6) is 0 Å². The smallest absolute Gasteiger partial charge is 0.320 e. The maximum atomic E-state index is 13.7. The van der Waals surface area contributed by atoms with Gasteiger partial charge in [-0.15, -0.1) is 0 Å². The highest BCUT2D eigenvalue weighted by Crippen LogP contribution is 2.32. The molecule has 1 unspecified atom stereocenters. The summed E-state index contributed by atoms with van der Waals surface area (Å²) in [5.41, 5.74) is 5.50. The predicted molar refractivity (Wildman–Crippen MR) is 68.9 cm³/mol. The minimum atomic E-state index is -4.42. The van der Waals surface area contributed by atoms with Gasteiger partial charge in [-0.3, -0.25) is 0 Å². The third-order valence-electron chi connectivity index (χ3n) is 2.91. The molecule has 0 amide bonds. The summed E-state index contributed by atoms with van der Waals surface area (Å²) in [6.07, 6.45) is -4.42. The molecule has 0 radical (unpaired) electrons. The topological polar surface area (TPSA) is 26.0 Å². The molecule has 0 aliphatic carbocycles. The van der Waals surface area contributed by atoms with Crippen LogP contribution >= 0.6 is 11.6 Å². The second-order valence-corrected chi connectivity index (χ2v) is 4.64. The van der Waals surface area contributed by atoms with Gasteiger partial charge in [0.2, 0.25) is 0 Å². The number of halogens is 5. The molecule has 6 heteroatoms. The first-order chi connectivity index (χ1) is 9.30. The number of benzene rings is 2. The summed E-state index contributed by atoms with van der Waals surface area (Å²) in [5, 5.41) is 0.136. The summed E-state index contributed by atoms with van der Waals surface area (Å²) < 4.78 is 51.1. The predicted octanol–water partition coefficient (Wildman–Crippen LogP) is 4.55. The third-order valence-corrected chi connectivity index (χ3v) is 3.24. The van der Waals surface area contributed by atoms with E-state index >= 15 is 0 Å². The Kier molecular flexibility index (Phi) is 4.01. The van der Waals surface area contributed by atoms with Crippen molar-refractivity contribution in [1.82, 2.24) is 0 Å². The molecule has 2 aromatic rings. The third kappa shape index (κ3) is 2.94. The molecule has 0 spiro atoms. The molecule has 0 aliphatic rings. The van der Waals surface area contributed by atoms with Crippen LogP contribution in [0.25, 0.3) is 0 Å². The monoisotopic (exact) mass is 303 g/mol. The lowest BCUT2D eigenvalue weighted by atomic mass is 9.98. The van der Waals surface area contributed by atoms with E-state index in [0.29, 0.717) is 5.56 Å². The van der Waals surface area contributed by atoms with Gasteiger partial charge in [0, 0.05) is 10.6 Å².